The van der Waals surface area contributed by atoms with Crippen LogP contribution in [0, 0.1) is 0 Å². The predicted molar refractivity (Wildman–Crippen MR) is 70.2 cm³/mol. The van der Waals surface area contributed by atoms with E-state index in [1.807, 2.05) is 6.92 Å². The van der Waals surface area contributed by atoms with Crippen molar-refractivity contribution in [3.8, 4) is 0 Å². The summed E-state index contributed by atoms with van der Waals surface area (Å²) in [4.78, 5) is 12.0. The van der Waals surface area contributed by atoms with Gasteiger partial charge in [0.05, 0.1) is 10.7 Å². The maximum Gasteiger partial charge on any atom is 0.256 e. The van der Waals surface area contributed by atoms with Gasteiger partial charge in [-0.3, -0.25) is 4.79 Å². The van der Waals surface area contributed by atoms with Crippen LogP contribution in [0.3, 0.4) is 0 Å². The summed E-state index contributed by atoms with van der Waals surface area (Å²) in [6.45, 7) is 3.63. The standard InChI is InChI=1S/C12H17ClN2O2/c1-4-12(2,17-3)11(16)15-8-5-6-10(14)9(13)7-8/h5-7H,4,14H2,1-3H3,(H,15,16). The normalized spacial score (nSPS) is 14.1. The highest BCUT2D eigenvalue weighted by Gasteiger charge is 2.30. The summed E-state index contributed by atoms with van der Waals surface area (Å²) in [6, 6.07) is 4.96. The maximum atomic E-state index is 12.0. The van der Waals surface area contributed by atoms with Gasteiger partial charge in [0.15, 0.2) is 0 Å². The molecule has 0 heterocycles. The monoisotopic (exact) mass is 256 g/mol. The van der Waals surface area contributed by atoms with Crippen molar-refractivity contribution in [2.45, 2.75) is 25.9 Å². The molecule has 0 spiro atoms. The quantitative estimate of drug-likeness (QED) is 0.814. The number of rotatable bonds is 4. The average molecular weight is 257 g/mol. The minimum Gasteiger partial charge on any atom is -0.398 e. The molecule has 0 saturated carbocycles. The fraction of sp³-hybridized carbons (Fsp3) is 0.417. The first-order valence-electron chi connectivity index (χ1n) is 5.34. The molecular weight excluding hydrogens is 240 g/mol. The number of nitrogens with one attached hydrogen (secondary N) is 1. The van der Waals surface area contributed by atoms with Crippen molar-refractivity contribution in [3.05, 3.63) is 23.2 Å². The lowest BCUT2D eigenvalue weighted by atomic mass is 10.0. The second-order valence-corrected chi connectivity index (χ2v) is 4.39. The molecule has 0 bridgehead atoms. The van der Waals surface area contributed by atoms with Gasteiger partial charge in [0.2, 0.25) is 0 Å². The Kier molecular flexibility index (Phi) is 4.37. The van der Waals surface area contributed by atoms with Crippen LogP contribution in [0.15, 0.2) is 18.2 Å². The van der Waals surface area contributed by atoms with Crippen LogP contribution in [0.5, 0.6) is 0 Å². The van der Waals surface area contributed by atoms with E-state index in [-0.39, 0.29) is 5.91 Å². The summed E-state index contributed by atoms with van der Waals surface area (Å²) in [6.07, 6.45) is 0.581. The summed E-state index contributed by atoms with van der Waals surface area (Å²) in [7, 11) is 1.51. The SMILES string of the molecule is CCC(C)(OC)C(=O)Nc1ccc(N)c(Cl)c1. The van der Waals surface area contributed by atoms with E-state index in [1.165, 1.54) is 7.11 Å². The van der Waals surface area contributed by atoms with Crippen molar-refractivity contribution < 1.29 is 9.53 Å². The van der Waals surface area contributed by atoms with E-state index in [0.717, 1.165) is 0 Å². The highest BCUT2D eigenvalue weighted by molar-refractivity contribution is 6.33. The van der Waals surface area contributed by atoms with E-state index < -0.39 is 5.60 Å². The molecule has 0 radical (unpaired) electrons. The van der Waals surface area contributed by atoms with Crippen LogP contribution >= 0.6 is 11.6 Å². The number of nitrogen functional groups attached to an aromatic ring is 1. The van der Waals surface area contributed by atoms with E-state index in [9.17, 15) is 4.79 Å². The Morgan fingerprint density at radius 2 is 2.24 bits per heavy atom. The topological polar surface area (TPSA) is 64.3 Å². The van der Waals surface area contributed by atoms with Gasteiger partial charge in [0, 0.05) is 12.8 Å². The molecule has 1 aromatic rings. The molecule has 0 aliphatic rings. The second kappa shape index (κ2) is 5.38. The third-order valence-electron chi connectivity index (χ3n) is 2.86. The molecule has 0 aromatic heterocycles. The minimum absolute atomic E-state index is 0.205. The lowest BCUT2D eigenvalue weighted by Crippen LogP contribution is -2.41. The molecule has 1 atom stereocenters. The molecule has 4 nitrogen and oxygen atoms in total. The molecule has 1 rings (SSSR count). The van der Waals surface area contributed by atoms with Crippen molar-refractivity contribution in [2.75, 3.05) is 18.2 Å². The first-order chi connectivity index (χ1) is 7.92. The molecule has 1 aromatic carbocycles. The van der Waals surface area contributed by atoms with Gasteiger partial charge in [-0.1, -0.05) is 18.5 Å². The molecule has 5 heteroatoms. The van der Waals surface area contributed by atoms with Gasteiger partial charge in [-0.25, -0.2) is 0 Å². The molecule has 1 unspecified atom stereocenters. The van der Waals surface area contributed by atoms with Gasteiger partial charge in [0.1, 0.15) is 5.60 Å². The number of carbonyl (C=O) groups excluding carboxylic acids is 1. The van der Waals surface area contributed by atoms with Gasteiger partial charge < -0.3 is 15.8 Å². The van der Waals surface area contributed by atoms with Crippen LogP contribution in [-0.2, 0) is 9.53 Å². The van der Waals surface area contributed by atoms with Crippen molar-refractivity contribution >= 4 is 28.9 Å². The number of hydrogen-bond acceptors (Lipinski definition) is 3. The van der Waals surface area contributed by atoms with Crippen molar-refractivity contribution in [1.82, 2.24) is 0 Å². The van der Waals surface area contributed by atoms with Crippen LogP contribution < -0.4 is 11.1 Å². The van der Waals surface area contributed by atoms with Crippen LogP contribution in [0.2, 0.25) is 5.02 Å². The summed E-state index contributed by atoms with van der Waals surface area (Å²) >= 11 is 5.87. The zero-order chi connectivity index (χ0) is 13.1. The predicted octanol–water partition coefficient (Wildman–Crippen LogP) is 2.68. The number of ether oxygens (including phenoxy) is 1. The molecule has 0 fully saturated rings. The van der Waals surface area contributed by atoms with Crippen molar-refractivity contribution in [3.63, 3.8) is 0 Å². The van der Waals surface area contributed by atoms with E-state index in [4.69, 9.17) is 22.1 Å². The lowest BCUT2D eigenvalue weighted by molar-refractivity contribution is -0.136. The zero-order valence-electron chi connectivity index (χ0n) is 10.2. The smallest absolute Gasteiger partial charge is 0.256 e. The van der Waals surface area contributed by atoms with E-state index in [1.54, 1.807) is 25.1 Å². The van der Waals surface area contributed by atoms with Crippen LogP contribution in [-0.4, -0.2) is 18.6 Å². The molecule has 0 saturated heterocycles. The Bertz CT molecular complexity index is 417. The van der Waals surface area contributed by atoms with Gasteiger partial charge in [-0.15, -0.1) is 0 Å². The summed E-state index contributed by atoms with van der Waals surface area (Å²) in [5.41, 5.74) is 5.83. The van der Waals surface area contributed by atoms with Crippen LogP contribution in [0.4, 0.5) is 11.4 Å². The van der Waals surface area contributed by atoms with Crippen LogP contribution in [0.1, 0.15) is 20.3 Å². The van der Waals surface area contributed by atoms with E-state index in [2.05, 4.69) is 5.32 Å². The highest BCUT2D eigenvalue weighted by atomic mass is 35.5. The zero-order valence-corrected chi connectivity index (χ0v) is 11.0. The summed E-state index contributed by atoms with van der Waals surface area (Å²) < 4.78 is 5.21. The number of amides is 1. The Labute approximate surface area is 106 Å². The van der Waals surface area contributed by atoms with Crippen molar-refractivity contribution in [1.29, 1.82) is 0 Å². The fourth-order valence-electron chi connectivity index (χ4n) is 1.27. The fourth-order valence-corrected chi connectivity index (χ4v) is 1.45. The maximum absolute atomic E-state index is 12.0. The molecular formula is C12H17ClN2O2. The summed E-state index contributed by atoms with van der Waals surface area (Å²) in [5, 5.41) is 3.16. The second-order valence-electron chi connectivity index (χ2n) is 3.98. The molecule has 0 aliphatic heterocycles. The Hall–Kier alpha value is -1.26. The van der Waals surface area contributed by atoms with Gasteiger partial charge in [-0.2, -0.15) is 0 Å². The number of nitrogens with two attached hydrogens (primary N) is 1. The van der Waals surface area contributed by atoms with E-state index >= 15 is 0 Å². The number of benzene rings is 1. The largest absolute Gasteiger partial charge is 0.398 e. The van der Waals surface area contributed by atoms with Gasteiger partial charge in [0.25, 0.3) is 5.91 Å². The van der Waals surface area contributed by atoms with Gasteiger partial charge in [-0.05, 0) is 31.5 Å². The van der Waals surface area contributed by atoms with E-state index in [0.29, 0.717) is 22.8 Å². The third-order valence-corrected chi connectivity index (χ3v) is 3.19. The first kappa shape index (κ1) is 13.8. The Morgan fingerprint density at radius 1 is 1.59 bits per heavy atom. The number of methoxy groups -OCH3 is 1. The third kappa shape index (κ3) is 3.11. The molecule has 17 heavy (non-hydrogen) atoms. The number of carbonyl (C=O) groups is 1. The lowest BCUT2D eigenvalue weighted by Gasteiger charge is -2.25. The number of anilines is 2. The van der Waals surface area contributed by atoms with Gasteiger partial charge >= 0.3 is 0 Å². The molecule has 0 aliphatic carbocycles. The minimum atomic E-state index is -0.839. The number of halogens is 1. The summed E-state index contributed by atoms with van der Waals surface area (Å²) in [5.74, 6) is -0.205. The molecule has 94 valence electrons. The highest BCUT2D eigenvalue weighted by Crippen LogP contribution is 2.24. The number of hydrogen-bond donors (Lipinski definition) is 2. The Morgan fingerprint density at radius 3 is 2.71 bits per heavy atom. The molecule has 3 N–H and O–H groups in total. The first-order valence-corrected chi connectivity index (χ1v) is 5.72. The van der Waals surface area contributed by atoms with Crippen molar-refractivity contribution in [2.24, 2.45) is 0 Å². The molecule has 1 amide bonds. The average Bonchev–Trinajstić information content (AvgIpc) is 2.32. The Balaban J connectivity index is 2.84. The van der Waals surface area contributed by atoms with Crippen LogP contribution in [0.25, 0.3) is 0 Å².